The second-order valence-corrected chi connectivity index (χ2v) is 15.8. The molecule has 0 spiro atoms. The van der Waals surface area contributed by atoms with Gasteiger partial charge in [0.15, 0.2) is 10.8 Å². The van der Waals surface area contributed by atoms with Crippen LogP contribution in [0, 0.1) is 0 Å². The van der Waals surface area contributed by atoms with Crippen molar-refractivity contribution in [2.24, 2.45) is 0 Å². The van der Waals surface area contributed by atoms with E-state index in [1.807, 2.05) is 11.8 Å². The monoisotopic (exact) mass is 520 g/mol. The maximum atomic E-state index is 7.18. The van der Waals surface area contributed by atoms with Crippen molar-refractivity contribution in [3.63, 3.8) is 0 Å². The second-order valence-electron chi connectivity index (χ2n) is 9.88. The summed E-state index contributed by atoms with van der Waals surface area (Å²) >= 11 is 8.12. The molecule has 0 amide bonds. The lowest BCUT2D eigenvalue weighted by Gasteiger charge is -2.43. The minimum atomic E-state index is -2.60. The molecule has 3 heterocycles. The molecule has 0 N–H and O–H groups in total. The Morgan fingerprint density at radius 1 is 1.03 bits per heavy atom. The highest BCUT2D eigenvalue weighted by molar-refractivity contribution is 8.00. The van der Waals surface area contributed by atoms with Crippen molar-refractivity contribution < 1.29 is 4.43 Å². The molecule has 35 heavy (non-hydrogen) atoms. The Balaban J connectivity index is 1.46. The fourth-order valence-electron chi connectivity index (χ4n) is 5.06. The number of fused-ring (bicyclic) bond motifs is 1. The molecule has 0 bridgehead atoms. The Hall–Kier alpha value is -2.45. The normalized spacial score (nSPS) is 18.9. The third-order valence-corrected chi connectivity index (χ3v) is 13.4. The lowest BCUT2D eigenvalue weighted by molar-refractivity contribution is 0.304. The summed E-state index contributed by atoms with van der Waals surface area (Å²) in [6.07, 6.45) is 3.28. The number of halogens is 1. The van der Waals surface area contributed by atoms with E-state index in [1.165, 1.54) is 16.7 Å². The van der Waals surface area contributed by atoms with E-state index in [0.717, 1.165) is 17.0 Å². The Labute approximate surface area is 216 Å². The zero-order chi connectivity index (χ0) is 24.6. The summed E-state index contributed by atoms with van der Waals surface area (Å²) in [6, 6.07) is 21.6. The summed E-state index contributed by atoms with van der Waals surface area (Å²) in [4.78, 5) is 12.9. The summed E-state index contributed by atoms with van der Waals surface area (Å²) in [6.45, 7) is 12.0. The molecule has 0 aliphatic carbocycles. The highest BCUT2D eigenvalue weighted by Crippen LogP contribution is 2.42. The van der Waals surface area contributed by atoms with Gasteiger partial charge >= 0.3 is 0 Å². The van der Waals surface area contributed by atoms with Crippen molar-refractivity contribution in [3.05, 3.63) is 90.6 Å². The van der Waals surface area contributed by atoms with Gasteiger partial charge in [0.25, 0.3) is 8.32 Å². The number of hydrogen-bond acceptors (Lipinski definition) is 5. The molecule has 2 aromatic heterocycles. The maximum absolute atomic E-state index is 7.18. The van der Waals surface area contributed by atoms with Crippen molar-refractivity contribution in [3.8, 4) is 0 Å². The number of imidazole rings is 1. The first kappa shape index (κ1) is 24.3. The molecular weight excluding hydrogens is 492 g/mol. The number of nitrogens with zero attached hydrogens (tertiary/aromatic N) is 4. The van der Waals surface area contributed by atoms with Crippen LogP contribution in [0.2, 0.25) is 10.2 Å². The van der Waals surface area contributed by atoms with Crippen LogP contribution in [0.25, 0.3) is 11.2 Å². The largest absolute Gasteiger partial charge is 0.406 e. The number of aromatic nitrogens is 4. The van der Waals surface area contributed by atoms with Crippen LogP contribution >= 0.6 is 23.4 Å². The minimum Gasteiger partial charge on any atom is -0.406 e. The van der Waals surface area contributed by atoms with Crippen molar-refractivity contribution in [2.75, 3.05) is 12.4 Å². The van der Waals surface area contributed by atoms with E-state index in [-0.39, 0.29) is 16.3 Å². The topological polar surface area (TPSA) is 52.8 Å². The Morgan fingerprint density at radius 2 is 1.66 bits per heavy atom. The first-order chi connectivity index (χ1) is 16.8. The Kier molecular flexibility index (Phi) is 6.61. The van der Waals surface area contributed by atoms with Crippen LogP contribution in [-0.2, 0) is 4.43 Å². The van der Waals surface area contributed by atoms with E-state index in [1.54, 1.807) is 6.33 Å². The molecule has 4 aromatic rings. The maximum Gasteiger partial charge on any atom is 0.261 e. The lowest BCUT2D eigenvalue weighted by atomic mass is 10.1. The van der Waals surface area contributed by atoms with Gasteiger partial charge < -0.3 is 8.99 Å². The van der Waals surface area contributed by atoms with E-state index >= 15 is 0 Å². The fraction of sp³-hybridized carbons (Fsp3) is 0.296. The molecule has 1 aliphatic heterocycles. The van der Waals surface area contributed by atoms with Crippen LogP contribution in [-0.4, -0.2) is 45.4 Å². The summed E-state index contributed by atoms with van der Waals surface area (Å²) < 4.78 is 9.25. The third kappa shape index (κ3) is 4.25. The van der Waals surface area contributed by atoms with Crippen molar-refractivity contribution >= 4 is 53.2 Å². The summed E-state index contributed by atoms with van der Waals surface area (Å²) in [7, 11) is -2.60. The van der Waals surface area contributed by atoms with Crippen LogP contribution in [0.3, 0.4) is 0 Å². The zero-order valence-corrected chi connectivity index (χ0v) is 22.8. The molecule has 5 nitrogen and oxygen atoms in total. The van der Waals surface area contributed by atoms with Crippen LogP contribution in [0.15, 0.2) is 85.5 Å². The third-order valence-electron chi connectivity index (χ3n) is 6.81. The van der Waals surface area contributed by atoms with E-state index in [0.29, 0.717) is 17.3 Å². The van der Waals surface area contributed by atoms with E-state index in [9.17, 15) is 0 Å². The molecule has 0 radical (unpaired) electrons. The Morgan fingerprint density at radius 3 is 2.26 bits per heavy atom. The van der Waals surface area contributed by atoms with Crippen LogP contribution in [0.5, 0.6) is 0 Å². The molecule has 1 fully saturated rings. The molecule has 8 heteroatoms. The van der Waals surface area contributed by atoms with Gasteiger partial charge in [0.05, 0.1) is 19.0 Å². The molecule has 1 saturated heterocycles. The Bertz CT molecular complexity index is 1300. The van der Waals surface area contributed by atoms with Crippen molar-refractivity contribution in [1.82, 2.24) is 19.5 Å². The van der Waals surface area contributed by atoms with Gasteiger partial charge in [-0.2, -0.15) is 0 Å². The quantitative estimate of drug-likeness (QED) is 0.197. The van der Waals surface area contributed by atoms with Gasteiger partial charge in [0.2, 0.25) is 0 Å². The van der Waals surface area contributed by atoms with E-state index < -0.39 is 8.32 Å². The molecule has 180 valence electrons. The van der Waals surface area contributed by atoms with Gasteiger partial charge in [0.1, 0.15) is 11.8 Å². The van der Waals surface area contributed by atoms with E-state index in [2.05, 4.69) is 108 Å². The van der Waals surface area contributed by atoms with Crippen molar-refractivity contribution in [1.29, 1.82) is 0 Å². The average Bonchev–Trinajstić information content (AvgIpc) is 3.44. The first-order valence-corrected chi connectivity index (χ1v) is 15.0. The molecule has 2 aromatic carbocycles. The number of hydrogen-bond donors (Lipinski definition) is 0. The molecule has 1 aliphatic rings. The highest BCUT2D eigenvalue weighted by atomic mass is 35.5. The van der Waals surface area contributed by atoms with Crippen LogP contribution < -0.4 is 10.4 Å². The van der Waals surface area contributed by atoms with Gasteiger partial charge in [-0.15, -0.1) is 11.8 Å². The SMILES string of the molecule is C=C1[C@H](CO[Si](c2ccccc2)(c2ccccc2)C(C)(C)C)SC[C@H]1n1cnc2c(Cl)ncnc21. The second kappa shape index (κ2) is 9.54. The van der Waals surface area contributed by atoms with Gasteiger partial charge in [-0.05, 0) is 21.0 Å². The number of benzene rings is 2. The minimum absolute atomic E-state index is 0.0616. The predicted octanol–water partition coefficient (Wildman–Crippen LogP) is 5.27. The van der Waals surface area contributed by atoms with Gasteiger partial charge in [-0.3, -0.25) is 0 Å². The molecule has 5 rings (SSSR count). The number of thioether (sulfide) groups is 1. The number of rotatable bonds is 6. The fourth-order valence-corrected chi connectivity index (χ4v) is 11.3. The molecule has 2 atom stereocenters. The summed E-state index contributed by atoms with van der Waals surface area (Å²) in [5.74, 6) is 0.890. The van der Waals surface area contributed by atoms with Gasteiger partial charge in [-0.25, -0.2) is 15.0 Å². The lowest BCUT2D eigenvalue weighted by Crippen LogP contribution is -2.67. The molecular formula is C27H29ClN4OSSi. The van der Waals surface area contributed by atoms with Crippen LogP contribution in [0.4, 0.5) is 0 Å². The summed E-state index contributed by atoms with van der Waals surface area (Å²) in [5, 5.41) is 3.06. The predicted molar refractivity (Wildman–Crippen MR) is 148 cm³/mol. The van der Waals surface area contributed by atoms with Crippen LogP contribution in [0.1, 0.15) is 26.8 Å². The summed E-state index contributed by atoms with van der Waals surface area (Å²) in [5.41, 5.74) is 2.49. The first-order valence-electron chi connectivity index (χ1n) is 11.7. The zero-order valence-electron chi connectivity index (χ0n) is 20.2. The van der Waals surface area contributed by atoms with E-state index in [4.69, 9.17) is 16.0 Å². The average molecular weight is 521 g/mol. The standard InChI is InChI=1S/C27H29ClN4OSSi/c1-19-22(32-18-31-24-25(28)29-17-30-26(24)32)16-34-23(19)15-33-35(27(2,3)4,20-11-7-5-8-12-20)21-13-9-6-10-14-21/h5-14,17-18,22-23H,1,15-16H2,2-4H3/t22-,23+/m1/s1. The van der Waals surface area contributed by atoms with Gasteiger partial charge in [-0.1, -0.05) is 99.6 Å². The smallest absolute Gasteiger partial charge is 0.261 e. The molecule has 0 unspecified atom stereocenters. The molecule has 0 saturated carbocycles. The van der Waals surface area contributed by atoms with Gasteiger partial charge in [0, 0.05) is 11.0 Å². The highest BCUT2D eigenvalue weighted by Gasteiger charge is 2.50. The van der Waals surface area contributed by atoms with Crippen molar-refractivity contribution in [2.45, 2.75) is 37.1 Å².